The molecule has 0 saturated heterocycles. The molecule has 0 atom stereocenters. The summed E-state index contributed by atoms with van der Waals surface area (Å²) in [6, 6.07) is 1.12. The Hall–Kier alpha value is -1.65. The van der Waals surface area contributed by atoms with E-state index in [1.165, 1.54) is 6.20 Å². The zero-order valence-electron chi connectivity index (χ0n) is 5.06. The van der Waals surface area contributed by atoms with Gasteiger partial charge in [0.2, 0.25) is 0 Å². The molecule has 0 saturated carbocycles. The molecule has 0 fully saturated rings. The molecule has 0 aromatic carbocycles. The second-order valence-electron chi connectivity index (χ2n) is 1.55. The van der Waals surface area contributed by atoms with Crippen molar-refractivity contribution in [3.8, 4) is 0 Å². The second kappa shape index (κ2) is 2.30. The van der Waals surface area contributed by atoms with Crippen LogP contribution < -0.4 is 5.56 Å². The topological polar surface area (TPSA) is 67.5 Å². The standard InChI is InChI=1S/C5H5N3O2/c1-6-5-7-3-2-4(9)8(5)10/h2-3,10H,1H2. The molecule has 0 radical (unpaired) electrons. The summed E-state index contributed by atoms with van der Waals surface area (Å²) < 4.78 is 0.326. The van der Waals surface area contributed by atoms with Crippen LogP contribution in [0.15, 0.2) is 22.1 Å². The molecule has 0 amide bonds. The molecule has 5 heteroatoms. The van der Waals surface area contributed by atoms with Crippen LogP contribution in [0.2, 0.25) is 0 Å². The Morgan fingerprint density at radius 1 is 1.80 bits per heavy atom. The number of hydrogen-bond donors (Lipinski definition) is 1. The van der Waals surface area contributed by atoms with Crippen molar-refractivity contribution >= 4 is 12.7 Å². The van der Waals surface area contributed by atoms with E-state index in [4.69, 9.17) is 5.21 Å². The molecule has 0 bridgehead atoms. The maximum atomic E-state index is 10.6. The predicted molar refractivity (Wildman–Crippen MR) is 34.9 cm³/mol. The number of aromatic nitrogens is 2. The van der Waals surface area contributed by atoms with E-state index in [0.717, 1.165) is 6.07 Å². The van der Waals surface area contributed by atoms with Gasteiger partial charge in [-0.3, -0.25) is 4.79 Å². The van der Waals surface area contributed by atoms with Crippen LogP contribution in [-0.2, 0) is 0 Å². The third kappa shape index (κ3) is 0.883. The van der Waals surface area contributed by atoms with Crippen molar-refractivity contribution < 1.29 is 5.21 Å². The molecular weight excluding hydrogens is 134 g/mol. The molecule has 1 aromatic rings. The molecule has 5 nitrogen and oxygen atoms in total. The Morgan fingerprint density at radius 3 is 3.00 bits per heavy atom. The Bertz CT molecular complexity index is 304. The van der Waals surface area contributed by atoms with E-state index in [1.807, 2.05) is 0 Å². The molecule has 10 heavy (non-hydrogen) atoms. The maximum absolute atomic E-state index is 10.6. The quantitative estimate of drug-likeness (QED) is 0.433. The smallest absolute Gasteiger partial charge is 0.287 e. The molecule has 0 aliphatic carbocycles. The van der Waals surface area contributed by atoms with Crippen LogP contribution in [-0.4, -0.2) is 21.6 Å². The van der Waals surface area contributed by atoms with Crippen molar-refractivity contribution in [2.24, 2.45) is 4.99 Å². The van der Waals surface area contributed by atoms with Crippen molar-refractivity contribution in [2.45, 2.75) is 0 Å². The molecule has 0 aliphatic heterocycles. The van der Waals surface area contributed by atoms with Gasteiger partial charge in [0, 0.05) is 12.3 Å². The van der Waals surface area contributed by atoms with Gasteiger partial charge in [0.15, 0.2) is 0 Å². The van der Waals surface area contributed by atoms with Crippen LogP contribution in [0.25, 0.3) is 0 Å². The van der Waals surface area contributed by atoms with Gasteiger partial charge in [-0.1, -0.05) is 0 Å². The predicted octanol–water partition coefficient (Wildman–Crippen LogP) is -0.187. The lowest BCUT2D eigenvalue weighted by molar-refractivity contribution is 0.176. The Kier molecular flexibility index (Phi) is 1.49. The van der Waals surface area contributed by atoms with Crippen molar-refractivity contribution in [3.05, 3.63) is 22.6 Å². The minimum atomic E-state index is -0.572. The van der Waals surface area contributed by atoms with Gasteiger partial charge in [0.05, 0.1) is 0 Å². The van der Waals surface area contributed by atoms with Crippen LogP contribution in [0.5, 0.6) is 0 Å². The van der Waals surface area contributed by atoms with Gasteiger partial charge in [0.25, 0.3) is 11.5 Å². The fraction of sp³-hybridized carbons (Fsp3) is 0. The first-order chi connectivity index (χ1) is 4.75. The lowest BCUT2D eigenvalue weighted by atomic mass is 10.6. The van der Waals surface area contributed by atoms with Crippen LogP contribution in [0, 0.1) is 0 Å². The summed E-state index contributed by atoms with van der Waals surface area (Å²) in [4.78, 5) is 17.4. The summed E-state index contributed by atoms with van der Waals surface area (Å²) in [5.74, 6) is -0.104. The van der Waals surface area contributed by atoms with Crippen LogP contribution >= 0.6 is 0 Å². The minimum absolute atomic E-state index is 0.104. The fourth-order valence-electron chi connectivity index (χ4n) is 0.499. The van der Waals surface area contributed by atoms with E-state index in [9.17, 15) is 4.79 Å². The molecule has 0 aliphatic rings. The van der Waals surface area contributed by atoms with Crippen molar-refractivity contribution in [3.63, 3.8) is 0 Å². The summed E-state index contributed by atoms with van der Waals surface area (Å²) in [5, 5.41) is 8.81. The molecule has 1 aromatic heterocycles. The SMILES string of the molecule is C=Nc1nccc(=O)n1O. The highest BCUT2D eigenvalue weighted by molar-refractivity contribution is 5.33. The van der Waals surface area contributed by atoms with E-state index < -0.39 is 5.56 Å². The summed E-state index contributed by atoms with van der Waals surface area (Å²) in [7, 11) is 0. The summed E-state index contributed by atoms with van der Waals surface area (Å²) in [6.07, 6.45) is 1.25. The lowest BCUT2D eigenvalue weighted by Gasteiger charge is -1.95. The first kappa shape index (κ1) is 6.47. The van der Waals surface area contributed by atoms with Gasteiger partial charge < -0.3 is 5.21 Å². The molecule has 0 spiro atoms. The third-order valence-electron chi connectivity index (χ3n) is 0.947. The highest BCUT2D eigenvalue weighted by Crippen LogP contribution is 1.97. The first-order valence-electron chi connectivity index (χ1n) is 2.49. The zero-order valence-corrected chi connectivity index (χ0v) is 5.06. The highest BCUT2D eigenvalue weighted by atomic mass is 16.5. The highest BCUT2D eigenvalue weighted by Gasteiger charge is 1.96. The lowest BCUT2D eigenvalue weighted by Crippen LogP contribution is -2.16. The third-order valence-corrected chi connectivity index (χ3v) is 0.947. The second-order valence-corrected chi connectivity index (χ2v) is 1.55. The van der Waals surface area contributed by atoms with E-state index in [1.54, 1.807) is 0 Å². The molecule has 0 unspecified atom stereocenters. The summed E-state index contributed by atoms with van der Waals surface area (Å²) in [5.41, 5.74) is -0.572. The Balaban J connectivity index is 3.41. The number of rotatable bonds is 1. The Morgan fingerprint density at radius 2 is 2.50 bits per heavy atom. The van der Waals surface area contributed by atoms with Gasteiger partial charge in [-0.25, -0.2) is 9.98 Å². The van der Waals surface area contributed by atoms with Crippen LogP contribution in [0.4, 0.5) is 5.95 Å². The van der Waals surface area contributed by atoms with Crippen molar-refractivity contribution in [1.82, 2.24) is 9.71 Å². The van der Waals surface area contributed by atoms with Crippen molar-refractivity contribution in [1.29, 1.82) is 0 Å². The minimum Gasteiger partial charge on any atom is -0.422 e. The van der Waals surface area contributed by atoms with Crippen LogP contribution in [0.3, 0.4) is 0 Å². The average molecular weight is 139 g/mol. The van der Waals surface area contributed by atoms with E-state index in [2.05, 4.69) is 16.7 Å². The van der Waals surface area contributed by atoms with E-state index in [0.29, 0.717) is 4.73 Å². The molecule has 1 rings (SSSR count). The largest absolute Gasteiger partial charge is 0.422 e. The number of hydrogen-bond acceptors (Lipinski definition) is 4. The molecule has 1 N–H and O–H groups in total. The number of aliphatic imine (C=N–C) groups is 1. The monoisotopic (exact) mass is 139 g/mol. The summed E-state index contributed by atoms with van der Waals surface area (Å²) in [6.45, 7) is 3.10. The van der Waals surface area contributed by atoms with Crippen LogP contribution in [0.1, 0.15) is 0 Å². The maximum Gasteiger partial charge on any atom is 0.287 e. The average Bonchev–Trinajstić information content (AvgIpc) is 1.95. The normalized spacial score (nSPS) is 9.20. The molecule has 1 heterocycles. The van der Waals surface area contributed by atoms with Crippen molar-refractivity contribution in [2.75, 3.05) is 0 Å². The molecule has 52 valence electrons. The Labute approximate surface area is 56.3 Å². The van der Waals surface area contributed by atoms with Gasteiger partial charge >= 0.3 is 0 Å². The van der Waals surface area contributed by atoms with Gasteiger partial charge in [-0.05, 0) is 6.72 Å². The van der Waals surface area contributed by atoms with E-state index in [-0.39, 0.29) is 5.95 Å². The first-order valence-corrected chi connectivity index (χ1v) is 2.49. The zero-order chi connectivity index (χ0) is 7.56. The molecular formula is C5H5N3O2. The van der Waals surface area contributed by atoms with Gasteiger partial charge in [-0.2, -0.15) is 0 Å². The van der Waals surface area contributed by atoms with Gasteiger partial charge in [0.1, 0.15) is 0 Å². The summed E-state index contributed by atoms with van der Waals surface area (Å²) >= 11 is 0. The van der Waals surface area contributed by atoms with E-state index >= 15 is 0 Å². The van der Waals surface area contributed by atoms with Gasteiger partial charge in [-0.15, -0.1) is 4.73 Å². The fourth-order valence-corrected chi connectivity index (χ4v) is 0.499. The number of nitrogens with zero attached hydrogens (tertiary/aromatic N) is 3.